The minimum atomic E-state index is 0.739. The van der Waals surface area contributed by atoms with Crippen molar-refractivity contribution < 1.29 is 4.74 Å². The molecule has 3 aromatic rings. The van der Waals surface area contributed by atoms with Crippen LogP contribution in [-0.4, -0.2) is 17.1 Å². The zero-order chi connectivity index (χ0) is 14.3. The SMILES string of the molecule is COc1ccc(-c2c(C)sc3nc[nH]c(=S)c23)cc1C. The Balaban J connectivity index is 2.32. The molecule has 3 rings (SSSR count). The summed E-state index contributed by atoms with van der Waals surface area (Å²) in [4.78, 5) is 9.60. The molecule has 2 heterocycles. The number of nitrogens with zero attached hydrogens (tertiary/aromatic N) is 1. The summed E-state index contributed by atoms with van der Waals surface area (Å²) in [7, 11) is 1.69. The molecular formula is C15H14N2OS2. The lowest BCUT2D eigenvalue weighted by molar-refractivity contribution is 0.412. The maximum absolute atomic E-state index is 5.42. The number of methoxy groups -OCH3 is 1. The Labute approximate surface area is 126 Å². The molecule has 0 unspecified atom stereocenters. The highest BCUT2D eigenvalue weighted by atomic mass is 32.1. The van der Waals surface area contributed by atoms with E-state index in [1.807, 2.05) is 13.0 Å². The van der Waals surface area contributed by atoms with Crippen LogP contribution in [0.5, 0.6) is 5.75 Å². The van der Waals surface area contributed by atoms with Crippen molar-refractivity contribution in [2.75, 3.05) is 7.11 Å². The van der Waals surface area contributed by atoms with Crippen LogP contribution < -0.4 is 4.74 Å². The van der Waals surface area contributed by atoms with Gasteiger partial charge in [0.2, 0.25) is 0 Å². The summed E-state index contributed by atoms with van der Waals surface area (Å²) in [5, 5.41) is 1.04. The van der Waals surface area contributed by atoms with Gasteiger partial charge in [-0.1, -0.05) is 18.3 Å². The lowest BCUT2D eigenvalue weighted by Crippen LogP contribution is -1.88. The molecule has 1 N–H and O–H groups in total. The molecule has 0 radical (unpaired) electrons. The van der Waals surface area contributed by atoms with E-state index in [0.29, 0.717) is 0 Å². The van der Waals surface area contributed by atoms with E-state index in [1.165, 1.54) is 10.4 Å². The van der Waals surface area contributed by atoms with Crippen molar-refractivity contribution in [2.24, 2.45) is 0 Å². The molecule has 0 bridgehead atoms. The lowest BCUT2D eigenvalue weighted by atomic mass is 10.0. The highest BCUT2D eigenvalue weighted by Crippen LogP contribution is 2.38. The number of H-pyrrole nitrogens is 1. The van der Waals surface area contributed by atoms with Gasteiger partial charge in [0.15, 0.2) is 0 Å². The van der Waals surface area contributed by atoms with E-state index in [0.717, 1.165) is 31.7 Å². The van der Waals surface area contributed by atoms with Crippen molar-refractivity contribution in [1.82, 2.24) is 9.97 Å². The largest absolute Gasteiger partial charge is 0.496 e. The zero-order valence-corrected chi connectivity index (χ0v) is 13.1. The van der Waals surface area contributed by atoms with Gasteiger partial charge in [0.05, 0.1) is 18.8 Å². The Hall–Kier alpha value is -1.72. The number of rotatable bonds is 2. The van der Waals surface area contributed by atoms with Crippen molar-refractivity contribution in [3.05, 3.63) is 39.6 Å². The number of aromatic amines is 1. The second-order valence-electron chi connectivity index (χ2n) is 4.63. The van der Waals surface area contributed by atoms with Gasteiger partial charge >= 0.3 is 0 Å². The van der Waals surface area contributed by atoms with Gasteiger partial charge in [-0.15, -0.1) is 11.3 Å². The number of fused-ring (bicyclic) bond motifs is 1. The van der Waals surface area contributed by atoms with Crippen LogP contribution in [0.1, 0.15) is 10.4 Å². The van der Waals surface area contributed by atoms with Crippen LogP contribution in [0.15, 0.2) is 24.5 Å². The second-order valence-corrected chi connectivity index (χ2v) is 6.24. The van der Waals surface area contributed by atoms with E-state index in [2.05, 4.69) is 29.0 Å². The molecule has 0 aliphatic heterocycles. The van der Waals surface area contributed by atoms with Gasteiger partial charge < -0.3 is 9.72 Å². The fourth-order valence-corrected chi connectivity index (χ4v) is 3.77. The highest BCUT2D eigenvalue weighted by Gasteiger charge is 2.14. The number of aryl methyl sites for hydroxylation is 2. The molecule has 1 aromatic carbocycles. The standard InChI is InChI=1S/C15H14N2OS2/c1-8-6-10(4-5-11(8)18-3)12-9(2)20-15-13(12)14(19)16-7-17-15/h4-7H,1-3H3,(H,16,17,19). The van der Waals surface area contributed by atoms with Crippen LogP contribution in [0.4, 0.5) is 0 Å². The van der Waals surface area contributed by atoms with Gasteiger partial charge in [-0.05, 0) is 37.1 Å². The third-order valence-corrected chi connectivity index (χ3v) is 4.69. The number of nitrogens with one attached hydrogen (secondary N) is 1. The summed E-state index contributed by atoms with van der Waals surface area (Å²) in [6, 6.07) is 6.20. The van der Waals surface area contributed by atoms with E-state index >= 15 is 0 Å². The third kappa shape index (κ3) is 2.03. The van der Waals surface area contributed by atoms with Gasteiger partial charge in [-0.3, -0.25) is 0 Å². The molecule has 3 nitrogen and oxygen atoms in total. The van der Waals surface area contributed by atoms with Gasteiger partial charge in [0.1, 0.15) is 15.2 Å². The molecule has 0 spiro atoms. The first-order chi connectivity index (χ1) is 9.61. The van der Waals surface area contributed by atoms with Gasteiger partial charge in [-0.2, -0.15) is 0 Å². The minimum Gasteiger partial charge on any atom is -0.496 e. The smallest absolute Gasteiger partial charge is 0.128 e. The molecular weight excluding hydrogens is 288 g/mol. The topological polar surface area (TPSA) is 37.9 Å². The van der Waals surface area contributed by atoms with Crippen molar-refractivity contribution in [3.63, 3.8) is 0 Å². The Morgan fingerprint density at radius 2 is 2.10 bits per heavy atom. The number of aromatic nitrogens is 2. The average Bonchev–Trinajstić information content (AvgIpc) is 2.76. The van der Waals surface area contributed by atoms with Crippen LogP contribution in [0.2, 0.25) is 0 Å². The van der Waals surface area contributed by atoms with Crippen molar-refractivity contribution in [2.45, 2.75) is 13.8 Å². The molecule has 0 saturated carbocycles. The maximum Gasteiger partial charge on any atom is 0.128 e. The Morgan fingerprint density at radius 1 is 1.30 bits per heavy atom. The first-order valence-corrected chi connectivity index (χ1v) is 7.46. The van der Waals surface area contributed by atoms with Crippen LogP contribution in [0.3, 0.4) is 0 Å². The van der Waals surface area contributed by atoms with Crippen molar-refractivity contribution >= 4 is 33.8 Å². The van der Waals surface area contributed by atoms with E-state index in [-0.39, 0.29) is 0 Å². The maximum atomic E-state index is 5.42. The van der Waals surface area contributed by atoms with E-state index < -0.39 is 0 Å². The predicted molar refractivity (Wildman–Crippen MR) is 86.3 cm³/mol. The van der Waals surface area contributed by atoms with E-state index in [1.54, 1.807) is 24.8 Å². The molecule has 0 aliphatic carbocycles. The van der Waals surface area contributed by atoms with Gasteiger partial charge in [-0.25, -0.2) is 4.98 Å². The van der Waals surface area contributed by atoms with Crippen molar-refractivity contribution in [3.8, 4) is 16.9 Å². The molecule has 0 saturated heterocycles. The summed E-state index contributed by atoms with van der Waals surface area (Å²) in [5.74, 6) is 0.897. The summed E-state index contributed by atoms with van der Waals surface area (Å²) in [6.07, 6.45) is 1.66. The molecule has 0 fully saturated rings. The molecule has 2 aromatic heterocycles. The molecule has 0 amide bonds. The molecule has 5 heteroatoms. The number of hydrogen-bond acceptors (Lipinski definition) is 4. The zero-order valence-electron chi connectivity index (χ0n) is 11.5. The quantitative estimate of drug-likeness (QED) is 0.700. The average molecular weight is 302 g/mol. The van der Waals surface area contributed by atoms with E-state index in [9.17, 15) is 0 Å². The molecule has 102 valence electrons. The van der Waals surface area contributed by atoms with Crippen LogP contribution >= 0.6 is 23.6 Å². The van der Waals surface area contributed by atoms with Crippen molar-refractivity contribution in [1.29, 1.82) is 0 Å². The highest BCUT2D eigenvalue weighted by molar-refractivity contribution is 7.71. The Morgan fingerprint density at radius 3 is 2.80 bits per heavy atom. The third-order valence-electron chi connectivity index (χ3n) is 3.35. The summed E-state index contributed by atoms with van der Waals surface area (Å²) in [6.45, 7) is 4.15. The van der Waals surface area contributed by atoms with Gasteiger partial charge in [0.25, 0.3) is 0 Å². The van der Waals surface area contributed by atoms with Crippen LogP contribution in [0.25, 0.3) is 21.3 Å². The monoisotopic (exact) mass is 302 g/mol. The molecule has 20 heavy (non-hydrogen) atoms. The molecule has 0 aliphatic rings. The number of benzene rings is 1. The number of ether oxygens (including phenoxy) is 1. The summed E-state index contributed by atoms with van der Waals surface area (Å²) >= 11 is 7.10. The first kappa shape index (κ1) is 13.3. The second kappa shape index (κ2) is 5.00. The summed E-state index contributed by atoms with van der Waals surface area (Å²) in [5.41, 5.74) is 3.44. The lowest BCUT2D eigenvalue weighted by Gasteiger charge is -2.08. The first-order valence-electron chi connectivity index (χ1n) is 6.23. The normalized spacial score (nSPS) is 10.9. The fraction of sp³-hybridized carbons (Fsp3) is 0.200. The number of hydrogen-bond donors (Lipinski definition) is 1. The van der Waals surface area contributed by atoms with E-state index in [4.69, 9.17) is 17.0 Å². The predicted octanol–water partition coefficient (Wildman–Crippen LogP) is 4.65. The number of thiophene rings is 1. The van der Waals surface area contributed by atoms with Crippen LogP contribution in [-0.2, 0) is 0 Å². The molecule has 0 atom stereocenters. The fourth-order valence-electron chi connectivity index (χ4n) is 2.43. The minimum absolute atomic E-state index is 0.739. The Kier molecular flexibility index (Phi) is 3.31. The van der Waals surface area contributed by atoms with Gasteiger partial charge in [0, 0.05) is 10.4 Å². The Bertz CT molecular complexity index is 849. The van der Waals surface area contributed by atoms with Crippen LogP contribution in [0, 0.1) is 18.5 Å². The summed E-state index contributed by atoms with van der Waals surface area (Å²) < 4.78 is 6.06.